The second kappa shape index (κ2) is 8.09. The predicted octanol–water partition coefficient (Wildman–Crippen LogP) is 1.81. The molecule has 2 rings (SSSR count). The van der Waals surface area contributed by atoms with E-state index in [0.29, 0.717) is 24.4 Å². The minimum Gasteiger partial charge on any atom is -0.480 e. The number of benzene rings is 1. The molecule has 0 amide bonds. The Balaban J connectivity index is 2.07. The van der Waals surface area contributed by atoms with E-state index in [0.717, 1.165) is 24.8 Å². The summed E-state index contributed by atoms with van der Waals surface area (Å²) in [5.41, 5.74) is 1.11. The van der Waals surface area contributed by atoms with Crippen LogP contribution in [0.5, 0.6) is 0 Å². The predicted molar refractivity (Wildman–Crippen MR) is 92.5 cm³/mol. The van der Waals surface area contributed by atoms with Gasteiger partial charge in [-0.3, -0.25) is 9.69 Å². The van der Waals surface area contributed by atoms with Gasteiger partial charge in [0.1, 0.15) is 0 Å². The van der Waals surface area contributed by atoms with Crippen LogP contribution in [-0.4, -0.2) is 61.4 Å². The number of hydrogen-bond donors (Lipinski definition) is 1. The average Bonchev–Trinajstić information content (AvgIpc) is 2.81. The molecule has 1 fully saturated rings. The number of sulfonamides is 1. The van der Waals surface area contributed by atoms with E-state index in [4.69, 9.17) is 5.11 Å². The van der Waals surface area contributed by atoms with Crippen molar-refractivity contribution >= 4 is 16.0 Å². The van der Waals surface area contributed by atoms with E-state index in [9.17, 15) is 13.2 Å². The van der Waals surface area contributed by atoms with Gasteiger partial charge >= 0.3 is 5.97 Å². The lowest BCUT2D eigenvalue weighted by atomic mass is 10.1. The summed E-state index contributed by atoms with van der Waals surface area (Å²) in [5.74, 6) is -0.859. The van der Waals surface area contributed by atoms with Gasteiger partial charge in [-0.2, -0.15) is 4.31 Å². The molecule has 24 heavy (non-hydrogen) atoms. The van der Waals surface area contributed by atoms with Crippen molar-refractivity contribution in [2.24, 2.45) is 0 Å². The summed E-state index contributed by atoms with van der Waals surface area (Å²) >= 11 is 0. The van der Waals surface area contributed by atoms with E-state index in [1.807, 2.05) is 19.1 Å². The molecule has 134 valence electrons. The Bertz CT molecular complexity index is 658. The van der Waals surface area contributed by atoms with Gasteiger partial charge in [0.2, 0.25) is 10.0 Å². The molecule has 1 heterocycles. The summed E-state index contributed by atoms with van der Waals surface area (Å²) in [4.78, 5) is 13.0. The summed E-state index contributed by atoms with van der Waals surface area (Å²) < 4.78 is 27.2. The average molecular weight is 354 g/mol. The number of rotatable bonds is 6. The molecule has 0 bridgehead atoms. The van der Waals surface area contributed by atoms with E-state index in [1.165, 1.54) is 4.31 Å². The van der Waals surface area contributed by atoms with Crippen LogP contribution >= 0.6 is 0 Å². The molecule has 1 N–H and O–H groups in total. The fraction of sp³-hybridized carbons (Fsp3) is 0.588. The van der Waals surface area contributed by atoms with Crippen LogP contribution in [0.4, 0.5) is 0 Å². The minimum absolute atomic E-state index is 0.0180. The number of nitrogens with zero attached hydrogens (tertiary/aromatic N) is 2. The van der Waals surface area contributed by atoms with Crippen molar-refractivity contribution in [2.45, 2.75) is 43.5 Å². The first-order chi connectivity index (χ1) is 11.3. The highest BCUT2D eigenvalue weighted by molar-refractivity contribution is 7.89. The van der Waals surface area contributed by atoms with Gasteiger partial charge in [-0.1, -0.05) is 19.1 Å². The maximum Gasteiger partial charge on any atom is 0.317 e. The van der Waals surface area contributed by atoms with Crippen molar-refractivity contribution in [1.29, 1.82) is 0 Å². The molecule has 0 radical (unpaired) electrons. The Labute approximate surface area is 144 Å². The van der Waals surface area contributed by atoms with E-state index >= 15 is 0 Å². The number of aliphatic carboxylic acids is 1. The molecule has 1 atom stereocenters. The fourth-order valence-corrected chi connectivity index (χ4v) is 4.62. The maximum atomic E-state index is 12.8. The van der Waals surface area contributed by atoms with Crippen LogP contribution in [0.2, 0.25) is 0 Å². The number of carbonyl (C=O) groups is 1. The van der Waals surface area contributed by atoms with Crippen molar-refractivity contribution in [1.82, 2.24) is 9.21 Å². The van der Waals surface area contributed by atoms with Crippen molar-refractivity contribution < 1.29 is 18.3 Å². The Morgan fingerprint density at radius 2 is 1.92 bits per heavy atom. The Morgan fingerprint density at radius 3 is 2.50 bits per heavy atom. The molecule has 6 nitrogen and oxygen atoms in total. The van der Waals surface area contributed by atoms with Gasteiger partial charge in [-0.05, 0) is 50.4 Å². The SMILES string of the molecule is CCc1ccc(S(=O)(=O)N2CCCC(N(C)CC(=O)O)CC2)cc1. The smallest absolute Gasteiger partial charge is 0.317 e. The first kappa shape index (κ1) is 18.9. The molecule has 0 saturated carbocycles. The van der Waals surface area contributed by atoms with Crippen LogP contribution in [0.25, 0.3) is 0 Å². The highest BCUT2D eigenvalue weighted by Crippen LogP contribution is 2.22. The van der Waals surface area contributed by atoms with Crippen molar-refractivity contribution in [2.75, 3.05) is 26.7 Å². The van der Waals surface area contributed by atoms with Crippen LogP contribution in [0.1, 0.15) is 31.7 Å². The van der Waals surface area contributed by atoms with Crippen molar-refractivity contribution in [3.8, 4) is 0 Å². The molecule has 1 unspecified atom stereocenters. The Hall–Kier alpha value is -1.44. The van der Waals surface area contributed by atoms with Gasteiger partial charge in [0, 0.05) is 19.1 Å². The lowest BCUT2D eigenvalue weighted by Crippen LogP contribution is -2.37. The van der Waals surface area contributed by atoms with E-state index in [-0.39, 0.29) is 12.6 Å². The largest absolute Gasteiger partial charge is 0.480 e. The summed E-state index contributed by atoms with van der Waals surface area (Å²) in [6.45, 7) is 2.92. The fourth-order valence-electron chi connectivity index (χ4n) is 3.12. The van der Waals surface area contributed by atoms with Crippen LogP contribution in [0.3, 0.4) is 0 Å². The van der Waals surface area contributed by atoms with Gasteiger partial charge in [0.05, 0.1) is 11.4 Å². The standard InChI is InChI=1S/C17H26N2O4S/c1-3-14-6-8-16(9-7-14)24(22,23)19-11-4-5-15(10-12-19)18(2)13-17(20)21/h6-9,15H,3-5,10-13H2,1-2H3,(H,20,21). The summed E-state index contributed by atoms with van der Waals surface area (Å²) in [6.07, 6.45) is 3.07. The molecule has 1 aromatic rings. The Kier molecular flexibility index (Phi) is 6.37. The quantitative estimate of drug-likeness (QED) is 0.843. The molecule has 1 saturated heterocycles. The van der Waals surface area contributed by atoms with Gasteiger partial charge in [0.15, 0.2) is 0 Å². The lowest BCUT2D eigenvalue weighted by Gasteiger charge is -2.25. The topological polar surface area (TPSA) is 77.9 Å². The van der Waals surface area contributed by atoms with E-state index < -0.39 is 16.0 Å². The summed E-state index contributed by atoms with van der Waals surface area (Å²) in [5, 5.41) is 8.91. The summed E-state index contributed by atoms with van der Waals surface area (Å²) in [7, 11) is -1.70. The molecular formula is C17H26N2O4S. The monoisotopic (exact) mass is 354 g/mol. The minimum atomic E-state index is -3.48. The van der Waals surface area contributed by atoms with Gasteiger partial charge in [-0.15, -0.1) is 0 Å². The third kappa shape index (κ3) is 4.55. The zero-order valence-corrected chi connectivity index (χ0v) is 15.1. The molecular weight excluding hydrogens is 328 g/mol. The molecule has 1 aliphatic rings. The van der Waals surface area contributed by atoms with Crippen LogP contribution in [0.15, 0.2) is 29.2 Å². The third-order valence-electron chi connectivity index (χ3n) is 4.63. The number of carboxylic acids is 1. The van der Waals surface area contributed by atoms with Gasteiger partial charge in [-0.25, -0.2) is 8.42 Å². The van der Waals surface area contributed by atoms with Crippen LogP contribution in [-0.2, 0) is 21.2 Å². The summed E-state index contributed by atoms with van der Waals surface area (Å²) in [6, 6.07) is 7.16. The first-order valence-electron chi connectivity index (χ1n) is 8.35. The molecule has 0 aromatic heterocycles. The second-order valence-corrected chi connectivity index (χ2v) is 8.23. The van der Waals surface area contributed by atoms with Crippen LogP contribution in [0, 0.1) is 0 Å². The second-order valence-electron chi connectivity index (χ2n) is 6.30. The van der Waals surface area contributed by atoms with Gasteiger partial charge in [0.25, 0.3) is 0 Å². The van der Waals surface area contributed by atoms with E-state index in [2.05, 4.69) is 0 Å². The number of carboxylic acid groups (broad SMARTS) is 1. The molecule has 0 aliphatic carbocycles. The first-order valence-corrected chi connectivity index (χ1v) is 9.79. The Morgan fingerprint density at radius 1 is 1.25 bits per heavy atom. The normalized spacial score (nSPS) is 20.0. The number of hydrogen-bond acceptors (Lipinski definition) is 4. The van der Waals surface area contributed by atoms with Crippen LogP contribution < -0.4 is 0 Å². The van der Waals surface area contributed by atoms with Gasteiger partial charge < -0.3 is 5.11 Å². The third-order valence-corrected chi connectivity index (χ3v) is 6.55. The molecule has 0 spiro atoms. The highest BCUT2D eigenvalue weighted by Gasteiger charge is 2.29. The molecule has 7 heteroatoms. The molecule has 1 aliphatic heterocycles. The highest BCUT2D eigenvalue weighted by atomic mass is 32.2. The zero-order chi connectivity index (χ0) is 17.7. The van der Waals surface area contributed by atoms with Crippen molar-refractivity contribution in [3.63, 3.8) is 0 Å². The lowest BCUT2D eigenvalue weighted by molar-refractivity contribution is -0.138. The van der Waals surface area contributed by atoms with E-state index in [1.54, 1.807) is 24.1 Å². The van der Waals surface area contributed by atoms with Crippen molar-refractivity contribution in [3.05, 3.63) is 29.8 Å². The maximum absolute atomic E-state index is 12.8. The number of aryl methyl sites for hydroxylation is 1. The zero-order valence-electron chi connectivity index (χ0n) is 14.3. The molecule has 1 aromatic carbocycles. The number of likely N-dealkylation sites (N-methyl/N-ethyl adjacent to an activating group) is 1.